The van der Waals surface area contributed by atoms with E-state index in [1.54, 1.807) is 0 Å². The average molecular weight is 344 g/mol. The molecule has 5 nitrogen and oxygen atoms in total. The van der Waals surface area contributed by atoms with Crippen molar-refractivity contribution in [2.24, 2.45) is 5.92 Å². The van der Waals surface area contributed by atoms with Crippen molar-refractivity contribution in [1.82, 2.24) is 20.5 Å². The van der Waals surface area contributed by atoms with E-state index in [9.17, 15) is 4.79 Å². The molecule has 2 N–H and O–H groups in total. The third kappa shape index (κ3) is 5.37. The fourth-order valence-electron chi connectivity index (χ4n) is 3.09. The van der Waals surface area contributed by atoms with Gasteiger partial charge in [-0.3, -0.25) is 9.89 Å². The van der Waals surface area contributed by atoms with E-state index in [1.807, 2.05) is 18.2 Å². The van der Waals surface area contributed by atoms with Crippen molar-refractivity contribution in [3.05, 3.63) is 41.7 Å². The van der Waals surface area contributed by atoms with Crippen LogP contribution in [0.15, 0.2) is 35.5 Å². The molecule has 1 amide bonds. The van der Waals surface area contributed by atoms with Crippen LogP contribution in [-0.2, 0) is 17.6 Å². The van der Waals surface area contributed by atoms with Gasteiger partial charge in [-0.05, 0) is 17.9 Å². The lowest BCUT2D eigenvalue weighted by Crippen LogP contribution is -2.27. The predicted octanol–water partition coefficient (Wildman–Crippen LogP) is 2.99. The third-order valence-electron chi connectivity index (χ3n) is 4.38. The van der Waals surface area contributed by atoms with Crippen LogP contribution < -0.4 is 5.32 Å². The largest absolute Gasteiger partial charge is 0.355 e. The van der Waals surface area contributed by atoms with Crippen LogP contribution in [0.25, 0.3) is 0 Å². The number of nitrogens with zero attached hydrogens (tertiary/aromatic N) is 2. The fourth-order valence-corrected chi connectivity index (χ4v) is 3.74. The molecule has 6 heteroatoms. The van der Waals surface area contributed by atoms with Gasteiger partial charge in [-0.15, -0.1) is 5.10 Å². The molecule has 24 heavy (non-hydrogen) atoms. The molecule has 1 saturated carbocycles. The predicted molar refractivity (Wildman–Crippen MR) is 95.9 cm³/mol. The second-order valence-electron chi connectivity index (χ2n) is 6.29. The number of thioether (sulfide) groups is 1. The summed E-state index contributed by atoms with van der Waals surface area (Å²) in [6.07, 6.45) is 7.10. The minimum Gasteiger partial charge on any atom is -0.355 e. The van der Waals surface area contributed by atoms with Crippen molar-refractivity contribution in [2.45, 2.75) is 43.7 Å². The van der Waals surface area contributed by atoms with Crippen LogP contribution >= 0.6 is 11.8 Å². The van der Waals surface area contributed by atoms with Crippen LogP contribution in [0.3, 0.4) is 0 Å². The van der Waals surface area contributed by atoms with Crippen molar-refractivity contribution >= 4 is 17.7 Å². The Kier molecular flexibility index (Phi) is 6.29. The Balaban J connectivity index is 1.34. The number of hydrogen-bond acceptors (Lipinski definition) is 4. The van der Waals surface area contributed by atoms with Gasteiger partial charge in [-0.1, -0.05) is 67.8 Å². The van der Waals surface area contributed by atoms with Crippen LogP contribution in [0.5, 0.6) is 0 Å². The molecule has 0 unspecified atom stereocenters. The summed E-state index contributed by atoms with van der Waals surface area (Å²) in [5, 5.41) is 10.8. The molecule has 2 aromatic rings. The van der Waals surface area contributed by atoms with Gasteiger partial charge in [-0.2, -0.15) is 0 Å². The minimum atomic E-state index is 0.0260. The molecular formula is C18H24N4OS. The Morgan fingerprint density at radius 1 is 1.25 bits per heavy atom. The van der Waals surface area contributed by atoms with E-state index < -0.39 is 0 Å². The van der Waals surface area contributed by atoms with E-state index in [0.29, 0.717) is 17.5 Å². The molecule has 1 aliphatic carbocycles. The van der Waals surface area contributed by atoms with E-state index in [1.165, 1.54) is 43.0 Å². The van der Waals surface area contributed by atoms with Crippen LogP contribution in [-0.4, -0.2) is 33.4 Å². The van der Waals surface area contributed by atoms with Crippen molar-refractivity contribution in [2.75, 3.05) is 12.3 Å². The summed E-state index contributed by atoms with van der Waals surface area (Å²) in [6.45, 7) is 0.657. The first kappa shape index (κ1) is 17.0. The highest BCUT2D eigenvalue weighted by atomic mass is 32.2. The number of carbonyl (C=O) groups is 1. The number of rotatable bonds is 8. The lowest BCUT2D eigenvalue weighted by atomic mass is 10.0. The molecule has 1 aromatic heterocycles. The van der Waals surface area contributed by atoms with Crippen molar-refractivity contribution < 1.29 is 4.79 Å². The molecule has 1 fully saturated rings. The lowest BCUT2D eigenvalue weighted by Gasteiger charge is -2.04. The summed E-state index contributed by atoms with van der Waals surface area (Å²) in [6, 6.07) is 10.2. The molecule has 0 bridgehead atoms. The van der Waals surface area contributed by atoms with Crippen LogP contribution in [0.1, 0.15) is 37.1 Å². The summed E-state index contributed by atoms with van der Waals surface area (Å²) < 4.78 is 0. The number of hydrogen-bond donors (Lipinski definition) is 2. The lowest BCUT2D eigenvalue weighted by molar-refractivity contribution is -0.118. The first-order valence-corrected chi connectivity index (χ1v) is 9.63. The number of benzene rings is 1. The number of H-pyrrole nitrogens is 1. The van der Waals surface area contributed by atoms with Gasteiger partial charge < -0.3 is 5.32 Å². The average Bonchev–Trinajstić information content (AvgIpc) is 3.26. The van der Waals surface area contributed by atoms with Gasteiger partial charge in [0.15, 0.2) is 0 Å². The van der Waals surface area contributed by atoms with E-state index in [2.05, 4.69) is 32.6 Å². The molecule has 0 aliphatic heterocycles. The second-order valence-corrected chi connectivity index (χ2v) is 7.24. The molecule has 3 rings (SSSR count). The summed E-state index contributed by atoms with van der Waals surface area (Å²) in [7, 11) is 0. The van der Waals surface area contributed by atoms with Gasteiger partial charge in [0.1, 0.15) is 5.82 Å². The SMILES string of the molecule is O=C(CSc1n[nH]c(CC2CCCC2)n1)NCCc1ccccc1. The number of nitrogens with one attached hydrogen (secondary N) is 2. The molecule has 1 heterocycles. The molecule has 0 spiro atoms. The highest BCUT2D eigenvalue weighted by molar-refractivity contribution is 7.99. The summed E-state index contributed by atoms with van der Waals surface area (Å²) in [5.41, 5.74) is 1.23. The smallest absolute Gasteiger partial charge is 0.230 e. The number of carbonyl (C=O) groups excluding carboxylic acids is 1. The first-order valence-electron chi connectivity index (χ1n) is 8.64. The quantitative estimate of drug-likeness (QED) is 0.722. The first-order chi connectivity index (χ1) is 11.8. The highest BCUT2D eigenvalue weighted by Gasteiger charge is 2.17. The molecule has 0 saturated heterocycles. The van der Waals surface area contributed by atoms with Crippen LogP contribution in [0, 0.1) is 5.92 Å². The van der Waals surface area contributed by atoms with Crippen LogP contribution in [0.2, 0.25) is 0 Å². The number of aromatic nitrogens is 3. The Morgan fingerprint density at radius 2 is 2.04 bits per heavy atom. The minimum absolute atomic E-state index is 0.0260. The fraction of sp³-hybridized carbons (Fsp3) is 0.500. The number of amides is 1. The summed E-state index contributed by atoms with van der Waals surface area (Å²) in [4.78, 5) is 16.4. The maximum Gasteiger partial charge on any atom is 0.230 e. The molecular weight excluding hydrogens is 320 g/mol. The van der Waals surface area contributed by atoms with E-state index >= 15 is 0 Å². The van der Waals surface area contributed by atoms with Gasteiger partial charge in [0.25, 0.3) is 0 Å². The Morgan fingerprint density at radius 3 is 2.83 bits per heavy atom. The maximum absolute atomic E-state index is 11.9. The van der Waals surface area contributed by atoms with E-state index in [-0.39, 0.29) is 5.91 Å². The molecule has 0 radical (unpaired) electrons. The zero-order valence-corrected chi connectivity index (χ0v) is 14.6. The molecule has 1 aliphatic rings. The second kappa shape index (κ2) is 8.87. The van der Waals surface area contributed by atoms with Crippen molar-refractivity contribution in [3.63, 3.8) is 0 Å². The van der Waals surface area contributed by atoms with Gasteiger partial charge >= 0.3 is 0 Å². The van der Waals surface area contributed by atoms with Gasteiger partial charge in [0.05, 0.1) is 5.75 Å². The van der Waals surface area contributed by atoms with E-state index in [4.69, 9.17) is 0 Å². The molecule has 0 atom stereocenters. The number of aromatic amines is 1. The van der Waals surface area contributed by atoms with Gasteiger partial charge in [0, 0.05) is 13.0 Å². The Bertz CT molecular complexity index is 637. The maximum atomic E-state index is 11.9. The highest BCUT2D eigenvalue weighted by Crippen LogP contribution is 2.27. The normalized spacial score (nSPS) is 14.8. The molecule has 128 valence electrons. The zero-order chi connectivity index (χ0) is 16.6. The monoisotopic (exact) mass is 344 g/mol. The zero-order valence-electron chi connectivity index (χ0n) is 13.8. The van der Waals surface area contributed by atoms with Gasteiger partial charge in [-0.25, -0.2) is 4.98 Å². The standard InChI is InChI=1S/C18H24N4OS/c23-17(19-11-10-14-6-2-1-3-7-14)13-24-18-20-16(21-22-18)12-15-8-4-5-9-15/h1-3,6-7,15H,4-5,8-13H2,(H,19,23)(H,20,21,22). The van der Waals surface area contributed by atoms with E-state index in [0.717, 1.165) is 24.6 Å². The third-order valence-corrected chi connectivity index (χ3v) is 5.23. The Hall–Kier alpha value is -1.82. The summed E-state index contributed by atoms with van der Waals surface area (Å²) in [5.74, 6) is 2.08. The summed E-state index contributed by atoms with van der Waals surface area (Å²) >= 11 is 1.39. The topological polar surface area (TPSA) is 70.7 Å². The van der Waals surface area contributed by atoms with Crippen molar-refractivity contribution in [1.29, 1.82) is 0 Å². The van der Waals surface area contributed by atoms with Crippen molar-refractivity contribution in [3.8, 4) is 0 Å². The molecule has 1 aromatic carbocycles. The van der Waals surface area contributed by atoms with Gasteiger partial charge in [0.2, 0.25) is 11.1 Å². The van der Waals surface area contributed by atoms with Crippen LogP contribution in [0.4, 0.5) is 0 Å². The Labute approximate surface area is 147 Å².